The highest BCUT2D eigenvalue weighted by molar-refractivity contribution is 6.21. The third kappa shape index (κ3) is 3.89. The van der Waals surface area contributed by atoms with Gasteiger partial charge in [0.1, 0.15) is 6.61 Å². The van der Waals surface area contributed by atoms with E-state index in [4.69, 9.17) is 4.74 Å². The van der Waals surface area contributed by atoms with Crippen LogP contribution in [-0.2, 0) is 19.7 Å². The lowest BCUT2D eigenvalue weighted by Crippen LogP contribution is -2.32. The molecule has 2 amide bonds. The van der Waals surface area contributed by atoms with Gasteiger partial charge in [-0.2, -0.15) is 0 Å². The Labute approximate surface area is 180 Å². The maximum absolute atomic E-state index is 12.9. The van der Waals surface area contributed by atoms with Crippen molar-refractivity contribution >= 4 is 11.8 Å². The van der Waals surface area contributed by atoms with E-state index in [1.165, 1.54) is 4.90 Å². The van der Waals surface area contributed by atoms with Crippen molar-refractivity contribution in [2.75, 3.05) is 0 Å². The largest absolute Gasteiger partial charge is 0.483 e. The van der Waals surface area contributed by atoms with E-state index < -0.39 is 0 Å². The van der Waals surface area contributed by atoms with E-state index in [1.807, 2.05) is 48.7 Å². The minimum Gasteiger partial charge on any atom is -0.483 e. The number of nitrogens with zero attached hydrogens (tertiary/aromatic N) is 2. The first-order valence-electron chi connectivity index (χ1n) is 10.4. The summed E-state index contributed by atoms with van der Waals surface area (Å²) in [7, 11) is 0. The average Bonchev–Trinajstić information content (AvgIpc) is 3.01. The summed E-state index contributed by atoms with van der Waals surface area (Å²) in [4.78, 5) is 39.9. The van der Waals surface area contributed by atoms with E-state index in [9.17, 15) is 14.4 Å². The number of imide groups is 1. The number of ether oxygens (including phenoxy) is 1. The first kappa shape index (κ1) is 20.6. The lowest BCUT2D eigenvalue weighted by molar-refractivity contribution is 0.0636. The summed E-state index contributed by atoms with van der Waals surface area (Å²) in [6.07, 6.45) is 0.830. The van der Waals surface area contributed by atoms with Crippen LogP contribution in [0.15, 0.2) is 65.5 Å². The number of carbonyl (C=O) groups is 2. The van der Waals surface area contributed by atoms with Crippen LogP contribution < -0.4 is 10.2 Å². The molecule has 0 aliphatic carbocycles. The monoisotopic (exact) mass is 416 g/mol. The highest BCUT2D eigenvalue weighted by atomic mass is 16.5. The van der Waals surface area contributed by atoms with Crippen molar-refractivity contribution in [1.82, 2.24) is 9.47 Å². The highest BCUT2D eigenvalue weighted by Crippen LogP contribution is 2.27. The third-order valence-corrected chi connectivity index (χ3v) is 5.44. The number of pyridine rings is 1. The third-order valence-electron chi connectivity index (χ3n) is 5.44. The first-order chi connectivity index (χ1) is 15.0. The molecule has 4 rings (SSSR count). The van der Waals surface area contributed by atoms with Gasteiger partial charge in [0.25, 0.3) is 11.8 Å². The van der Waals surface area contributed by atoms with Crippen molar-refractivity contribution in [3.05, 3.63) is 99.0 Å². The molecule has 0 bridgehead atoms. The maximum atomic E-state index is 12.9. The molecule has 0 saturated heterocycles. The van der Waals surface area contributed by atoms with Crippen molar-refractivity contribution in [2.24, 2.45) is 0 Å². The van der Waals surface area contributed by atoms with Gasteiger partial charge >= 0.3 is 0 Å². The Kier molecular flexibility index (Phi) is 5.71. The fourth-order valence-corrected chi connectivity index (χ4v) is 3.92. The molecule has 2 aromatic carbocycles. The van der Waals surface area contributed by atoms with Crippen LogP contribution >= 0.6 is 0 Å². The van der Waals surface area contributed by atoms with Gasteiger partial charge in [-0.3, -0.25) is 19.3 Å². The van der Waals surface area contributed by atoms with Crippen LogP contribution in [0.1, 0.15) is 51.0 Å². The summed E-state index contributed by atoms with van der Waals surface area (Å²) in [5.41, 5.74) is 2.75. The Hall–Kier alpha value is -3.67. The number of aromatic nitrogens is 1. The van der Waals surface area contributed by atoms with Crippen LogP contribution in [0.4, 0.5) is 0 Å². The van der Waals surface area contributed by atoms with Crippen LogP contribution in [0, 0.1) is 6.92 Å². The van der Waals surface area contributed by atoms with Crippen LogP contribution in [0.2, 0.25) is 0 Å². The molecule has 0 unspecified atom stereocenters. The lowest BCUT2D eigenvalue weighted by atomic mass is 10.1. The fraction of sp³-hybridized carbons (Fsp3) is 0.240. The van der Waals surface area contributed by atoms with Gasteiger partial charge in [-0.25, -0.2) is 0 Å². The standard InChI is InChI=1S/C25H24N2O4/c1-3-13-26-17(2)14-22(28)23(31-16-18-9-5-4-6-10-18)21(26)15-27-24(29)19-11-7-8-12-20(19)25(27)30/h4-12,14H,3,13,15-16H2,1-2H3. The molecule has 0 atom stereocenters. The molecule has 1 aromatic heterocycles. The Balaban J connectivity index is 1.74. The molecule has 0 spiro atoms. The topological polar surface area (TPSA) is 68.6 Å². The molecule has 0 saturated carbocycles. The molecule has 2 heterocycles. The first-order valence-corrected chi connectivity index (χ1v) is 10.4. The SMILES string of the molecule is CCCn1c(C)cc(=O)c(OCc2ccccc2)c1CN1C(=O)c2ccccc2C1=O. The molecule has 0 N–H and O–H groups in total. The second-order valence-corrected chi connectivity index (χ2v) is 7.59. The van der Waals surface area contributed by atoms with Crippen LogP contribution in [-0.4, -0.2) is 21.3 Å². The zero-order valence-electron chi connectivity index (χ0n) is 17.6. The summed E-state index contributed by atoms with van der Waals surface area (Å²) >= 11 is 0. The van der Waals surface area contributed by atoms with Crippen molar-refractivity contribution in [2.45, 2.75) is 40.0 Å². The maximum Gasteiger partial charge on any atom is 0.261 e. The molecule has 3 aromatic rings. The number of hydrogen-bond donors (Lipinski definition) is 0. The molecule has 158 valence electrons. The fourth-order valence-electron chi connectivity index (χ4n) is 3.92. The molecule has 1 aliphatic heterocycles. The average molecular weight is 416 g/mol. The summed E-state index contributed by atoms with van der Waals surface area (Å²) in [6, 6.07) is 17.9. The number of amides is 2. The van der Waals surface area contributed by atoms with Crippen molar-refractivity contribution in [3.63, 3.8) is 0 Å². The summed E-state index contributed by atoms with van der Waals surface area (Å²) < 4.78 is 7.93. The summed E-state index contributed by atoms with van der Waals surface area (Å²) in [6.45, 7) is 4.73. The predicted octanol–water partition coefficient (Wildman–Crippen LogP) is 3.94. The van der Waals surface area contributed by atoms with E-state index >= 15 is 0 Å². The molecule has 0 radical (unpaired) electrons. The Morgan fingerprint density at radius 1 is 0.871 bits per heavy atom. The number of hydrogen-bond acceptors (Lipinski definition) is 4. The van der Waals surface area contributed by atoms with Gasteiger partial charge in [-0.1, -0.05) is 49.4 Å². The number of carbonyl (C=O) groups excluding carboxylic acids is 2. The quantitative estimate of drug-likeness (QED) is 0.547. The molecule has 6 heteroatoms. The van der Waals surface area contributed by atoms with Crippen molar-refractivity contribution < 1.29 is 14.3 Å². The van der Waals surface area contributed by atoms with Gasteiger partial charge in [-0.05, 0) is 31.0 Å². The zero-order chi connectivity index (χ0) is 22.0. The Morgan fingerprint density at radius 2 is 1.48 bits per heavy atom. The minimum absolute atomic E-state index is 0.0204. The molecular formula is C25H24N2O4. The van der Waals surface area contributed by atoms with E-state index in [0.29, 0.717) is 23.4 Å². The van der Waals surface area contributed by atoms with E-state index in [2.05, 4.69) is 0 Å². The molecule has 31 heavy (non-hydrogen) atoms. The van der Waals surface area contributed by atoms with E-state index in [-0.39, 0.29) is 36.1 Å². The van der Waals surface area contributed by atoms with Crippen LogP contribution in [0.5, 0.6) is 5.75 Å². The number of fused-ring (bicyclic) bond motifs is 1. The number of rotatable bonds is 7. The molecule has 1 aliphatic rings. The van der Waals surface area contributed by atoms with Crippen LogP contribution in [0.3, 0.4) is 0 Å². The second kappa shape index (κ2) is 8.60. The predicted molar refractivity (Wildman–Crippen MR) is 117 cm³/mol. The molecule has 6 nitrogen and oxygen atoms in total. The van der Waals surface area contributed by atoms with Crippen molar-refractivity contribution in [3.8, 4) is 5.75 Å². The summed E-state index contributed by atoms with van der Waals surface area (Å²) in [5, 5.41) is 0. The van der Waals surface area contributed by atoms with Gasteiger partial charge in [0.15, 0.2) is 5.75 Å². The molecule has 0 fully saturated rings. The van der Waals surface area contributed by atoms with Gasteiger partial charge < -0.3 is 9.30 Å². The van der Waals surface area contributed by atoms with E-state index in [0.717, 1.165) is 17.7 Å². The Bertz CT molecular complexity index is 1160. The highest BCUT2D eigenvalue weighted by Gasteiger charge is 2.36. The van der Waals surface area contributed by atoms with Crippen molar-refractivity contribution in [1.29, 1.82) is 0 Å². The zero-order valence-corrected chi connectivity index (χ0v) is 17.6. The number of aryl methyl sites for hydroxylation is 1. The lowest BCUT2D eigenvalue weighted by Gasteiger charge is -2.23. The normalized spacial score (nSPS) is 12.9. The van der Waals surface area contributed by atoms with E-state index in [1.54, 1.807) is 30.3 Å². The smallest absolute Gasteiger partial charge is 0.261 e. The number of benzene rings is 2. The minimum atomic E-state index is -0.355. The van der Waals surface area contributed by atoms with Gasteiger partial charge in [0, 0.05) is 18.3 Å². The van der Waals surface area contributed by atoms with Gasteiger partial charge in [0.2, 0.25) is 5.43 Å². The van der Waals surface area contributed by atoms with Crippen LogP contribution in [0.25, 0.3) is 0 Å². The Morgan fingerprint density at radius 3 is 2.10 bits per heavy atom. The summed E-state index contributed by atoms with van der Waals surface area (Å²) in [5.74, 6) is -0.530. The van der Waals surface area contributed by atoms with Gasteiger partial charge in [0.05, 0.1) is 23.4 Å². The molecular weight excluding hydrogens is 392 g/mol. The van der Waals surface area contributed by atoms with Gasteiger partial charge in [-0.15, -0.1) is 0 Å². The second-order valence-electron chi connectivity index (χ2n) is 7.59.